The van der Waals surface area contributed by atoms with Crippen molar-refractivity contribution in [3.63, 3.8) is 0 Å². The Morgan fingerprint density at radius 1 is 1.06 bits per heavy atom. The fraction of sp³-hybridized carbons (Fsp3) is 0. The predicted octanol–water partition coefficient (Wildman–Crippen LogP) is 1.74. The van der Waals surface area contributed by atoms with Crippen molar-refractivity contribution < 1.29 is 16.9 Å². The maximum Gasteiger partial charge on any atom is 0.617 e. The van der Waals surface area contributed by atoms with Crippen LogP contribution >= 0.6 is 0 Å². The van der Waals surface area contributed by atoms with E-state index in [1.165, 1.54) is 6.07 Å². The average Bonchev–Trinajstić information content (AvgIpc) is 2.29. The molecule has 0 amide bonds. The van der Waals surface area contributed by atoms with Gasteiger partial charge in [0, 0.05) is 5.39 Å². The van der Waals surface area contributed by atoms with Crippen LogP contribution < -0.4 is 4.18 Å². The van der Waals surface area contributed by atoms with Gasteiger partial charge in [-0.2, -0.15) is 0 Å². The Kier molecular flexibility index (Phi) is 2.68. The van der Waals surface area contributed by atoms with Gasteiger partial charge in [0.2, 0.25) is 0 Å². The molecular formula is C10H7NO5S. The van der Waals surface area contributed by atoms with Gasteiger partial charge in [0.25, 0.3) is 0 Å². The van der Waals surface area contributed by atoms with Gasteiger partial charge < -0.3 is 4.18 Å². The summed E-state index contributed by atoms with van der Waals surface area (Å²) in [7, 11) is -4.82. The van der Waals surface area contributed by atoms with E-state index < -0.39 is 14.6 Å². The van der Waals surface area contributed by atoms with Gasteiger partial charge in [0.15, 0.2) is 10.1 Å². The van der Waals surface area contributed by atoms with Crippen LogP contribution in [-0.4, -0.2) is 12.7 Å². The molecule has 0 aliphatic heterocycles. The lowest BCUT2D eigenvalue weighted by molar-refractivity contribution is -0.314. The van der Waals surface area contributed by atoms with Gasteiger partial charge >= 0.3 is 10.3 Å². The predicted molar refractivity (Wildman–Crippen MR) is 60.5 cm³/mol. The van der Waals surface area contributed by atoms with E-state index >= 15 is 0 Å². The largest absolute Gasteiger partial charge is 0.617 e. The van der Waals surface area contributed by atoms with Gasteiger partial charge in [0.1, 0.15) is 0 Å². The van der Waals surface area contributed by atoms with Crippen molar-refractivity contribution in [2.24, 2.45) is 0 Å². The Morgan fingerprint density at radius 2 is 1.71 bits per heavy atom. The minimum absolute atomic E-state index is 0.0557. The minimum atomic E-state index is -4.82. The highest BCUT2D eigenvalue weighted by atomic mass is 32.2. The fourth-order valence-corrected chi connectivity index (χ4v) is 1.85. The van der Waals surface area contributed by atoms with E-state index in [1.54, 1.807) is 36.4 Å². The zero-order valence-corrected chi connectivity index (χ0v) is 9.25. The minimum Gasteiger partial charge on any atom is -0.329 e. The van der Waals surface area contributed by atoms with Gasteiger partial charge in [-0.05, 0) is 11.5 Å². The second kappa shape index (κ2) is 4.02. The van der Waals surface area contributed by atoms with E-state index in [4.69, 9.17) is 0 Å². The van der Waals surface area contributed by atoms with Gasteiger partial charge in [-0.25, -0.2) is 10.1 Å². The summed E-state index contributed by atoms with van der Waals surface area (Å²) < 4.78 is 25.0. The topological polar surface area (TPSA) is 86.5 Å². The molecule has 0 aromatic heterocycles. The van der Waals surface area contributed by atoms with Gasteiger partial charge in [-0.1, -0.05) is 36.4 Å². The molecule has 0 bridgehead atoms. The molecule has 0 aliphatic rings. The quantitative estimate of drug-likeness (QED) is 0.614. The summed E-state index contributed by atoms with van der Waals surface area (Å²) in [6.45, 7) is 0. The monoisotopic (exact) mass is 253 g/mol. The number of fused-ring (bicyclic) bond motifs is 1. The zero-order chi connectivity index (χ0) is 12.5. The molecule has 6 nitrogen and oxygen atoms in total. The van der Waals surface area contributed by atoms with Gasteiger partial charge in [-0.3, -0.25) is 0 Å². The molecule has 0 atom stereocenters. The lowest BCUT2D eigenvalue weighted by Crippen LogP contribution is -2.18. The summed E-state index contributed by atoms with van der Waals surface area (Å²) in [4.78, 5) is 10.3. The zero-order valence-electron chi connectivity index (χ0n) is 8.44. The van der Waals surface area contributed by atoms with E-state index in [-0.39, 0.29) is 5.75 Å². The molecule has 0 heterocycles. The molecular weight excluding hydrogens is 246 g/mol. The summed E-state index contributed by atoms with van der Waals surface area (Å²) in [5.41, 5.74) is 0. The summed E-state index contributed by atoms with van der Waals surface area (Å²) in [5, 5.41) is 11.5. The standard InChI is InChI=1S/C10H7NO5S/c12-11(13)17(14,15)16-10-7-3-5-8-4-1-2-6-9(8)10/h1-7H. The molecule has 0 saturated heterocycles. The molecule has 0 saturated carbocycles. The highest BCUT2D eigenvalue weighted by Crippen LogP contribution is 2.26. The molecule has 2 aromatic carbocycles. The number of nitrogens with zero attached hydrogens (tertiary/aromatic N) is 1. The van der Waals surface area contributed by atoms with Crippen LogP contribution in [0, 0.1) is 10.1 Å². The molecule has 0 spiro atoms. The molecule has 0 aliphatic carbocycles. The van der Waals surface area contributed by atoms with Crippen LogP contribution in [0.1, 0.15) is 0 Å². The SMILES string of the molecule is O=[N+]([O-])S(=O)(=O)Oc1cccc2ccccc12. The van der Waals surface area contributed by atoms with Crippen LogP contribution in [0.4, 0.5) is 0 Å². The fourth-order valence-electron chi connectivity index (χ4n) is 1.41. The summed E-state index contributed by atoms with van der Waals surface area (Å²) in [6.07, 6.45) is 0. The lowest BCUT2D eigenvalue weighted by Gasteiger charge is -2.03. The van der Waals surface area contributed by atoms with Crippen molar-refractivity contribution in [3.8, 4) is 5.75 Å². The first kappa shape index (κ1) is 11.3. The van der Waals surface area contributed by atoms with Crippen LogP contribution in [0.3, 0.4) is 0 Å². The van der Waals surface area contributed by atoms with Gasteiger partial charge in [-0.15, -0.1) is 8.42 Å². The highest BCUT2D eigenvalue weighted by molar-refractivity contribution is 7.80. The number of rotatable bonds is 3. The van der Waals surface area contributed by atoms with Crippen molar-refractivity contribution in [1.82, 2.24) is 0 Å². The van der Waals surface area contributed by atoms with Crippen molar-refractivity contribution >= 4 is 21.1 Å². The first-order valence-corrected chi connectivity index (χ1v) is 5.94. The third-order valence-electron chi connectivity index (χ3n) is 2.13. The second-order valence-electron chi connectivity index (χ2n) is 3.21. The van der Waals surface area contributed by atoms with E-state index in [0.717, 1.165) is 5.39 Å². The maximum absolute atomic E-state index is 11.0. The van der Waals surface area contributed by atoms with Crippen LogP contribution in [0.5, 0.6) is 5.75 Å². The molecule has 0 unspecified atom stereocenters. The first-order valence-electron chi connectivity index (χ1n) is 4.57. The van der Waals surface area contributed by atoms with E-state index in [1.807, 2.05) is 0 Å². The Morgan fingerprint density at radius 3 is 2.41 bits per heavy atom. The van der Waals surface area contributed by atoms with Crippen LogP contribution in [0.25, 0.3) is 10.8 Å². The van der Waals surface area contributed by atoms with Crippen LogP contribution in [0.2, 0.25) is 0 Å². The second-order valence-corrected chi connectivity index (χ2v) is 4.53. The van der Waals surface area contributed by atoms with Crippen molar-refractivity contribution in [2.75, 3.05) is 0 Å². The van der Waals surface area contributed by atoms with Crippen molar-refractivity contribution in [2.45, 2.75) is 0 Å². The van der Waals surface area contributed by atoms with Gasteiger partial charge in [0.05, 0.1) is 0 Å². The van der Waals surface area contributed by atoms with Crippen molar-refractivity contribution in [3.05, 3.63) is 52.6 Å². The van der Waals surface area contributed by atoms with E-state index in [0.29, 0.717) is 5.39 Å². The molecule has 17 heavy (non-hydrogen) atoms. The Labute approximate surface area is 96.8 Å². The summed E-state index contributed by atoms with van der Waals surface area (Å²) >= 11 is 0. The molecule has 2 aromatic rings. The normalized spacial score (nSPS) is 11.3. The average molecular weight is 253 g/mol. The molecule has 0 radical (unpaired) electrons. The first-order chi connectivity index (χ1) is 8.00. The third kappa shape index (κ3) is 2.18. The number of hydrogen-bond acceptors (Lipinski definition) is 5. The lowest BCUT2D eigenvalue weighted by atomic mass is 10.1. The van der Waals surface area contributed by atoms with E-state index in [2.05, 4.69) is 4.18 Å². The summed E-state index contributed by atoms with van der Waals surface area (Å²) in [5.74, 6) is -0.0557. The summed E-state index contributed by atoms with van der Waals surface area (Å²) in [6, 6.07) is 11.5. The van der Waals surface area contributed by atoms with E-state index in [9.17, 15) is 18.5 Å². The highest BCUT2D eigenvalue weighted by Gasteiger charge is 2.27. The number of benzene rings is 2. The number of hydrogen-bond donors (Lipinski definition) is 0. The Hall–Kier alpha value is -2.15. The smallest absolute Gasteiger partial charge is 0.329 e. The molecule has 0 fully saturated rings. The third-order valence-corrected chi connectivity index (χ3v) is 2.88. The molecule has 2 rings (SSSR count). The van der Waals surface area contributed by atoms with Crippen LogP contribution in [-0.2, 0) is 10.3 Å². The molecule has 7 heteroatoms. The molecule has 0 N–H and O–H groups in total. The maximum atomic E-state index is 11.0. The van der Waals surface area contributed by atoms with Crippen LogP contribution in [0.15, 0.2) is 42.5 Å². The number of nitro groups is 1. The molecule has 88 valence electrons. The van der Waals surface area contributed by atoms with Crippen molar-refractivity contribution in [1.29, 1.82) is 0 Å². The Bertz CT molecular complexity index is 675. The Balaban J connectivity index is 2.54.